The summed E-state index contributed by atoms with van der Waals surface area (Å²) in [6, 6.07) is 11.4. The molecule has 1 saturated heterocycles. The fourth-order valence-corrected chi connectivity index (χ4v) is 2.96. The molecular weight excluding hydrogens is 378 g/mol. The quantitative estimate of drug-likeness (QED) is 0.592. The van der Waals surface area contributed by atoms with E-state index < -0.39 is 24.4 Å². The van der Waals surface area contributed by atoms with E-state index in [9.17, 15) is 14.4 Å². The van der Waals surface area contributed by atoms with Crippen molar-refractivity contribution in [3.05, 3.63) is 53.7 Å². The van der Waals surface area contributed by atoms with Gasteiger partial charge in [0.25, 0.3) is 5.91 Å². The van der Waals surface area contributed by atoms with E-state index >= 15 is 0 Å². The average Bonchev–Trinajstić information content (AvgIpc) is 3.27. The van der Waals surface area contributed by atoms with Crippen molar-refractivity contribution in [1.82, 2.24) is 10.2 Å². The Morgan fingerprint density at radius 1 is 1.21 bits per heavy atom. The zero-order chi connectivity index (χ0) is 20.4. The van der Waals surface area contributed by atoms with Crippen LogP contribution >= 0.6 is 0 Å². The largest absolute Gasteiger partial charge is 0.496 e. The number of benzene rings is 2. The van der Waals surface area contributed by atoms with Crippen molar-refractivity contribution in [3.63, 3.8) is 0 Å². The molecule has 2 aliphatic rings. The molecule has 4 rings (SSSR count). The zero-order valence-corrected chi connectivity index (χ0v) is 15.4. The van der Waals surface area contributed by atoms with Crippen LogP contribution in [-0.4, -0.2) is 43.2 Å². The van der Waals surface area contributed by atoms with Gasteiger partial charge in [0.05, 0.1) is 7.11 Å². The third kappa shape index (κ3) is 3.70. The highest BCUT2D eigenvalue weighted by atomic mass is 16.7. The number of ether oxygens (including phenoxy) is 3. The predicted octanol–water partition coefficient (Wildman–Crippen LogP) is 1.96. The number of carbonyl (C=O) groups is 3. The number of hydrogen-bond acceptors (Lipinski definition) is 6. The molecule has 1 fully saturated rings. The van der Waals surface area contributed by atoms with Crippen LogP contribution in [0.25, 0.3) is 6.08 Å². The van der Waals surface area contributed by atoms with E-state index in [1.807, 2.05) is 6.07 Å². The number of methoxy groups -OCH3 is 1. The van der Waals surface area contributed by atoms with Gasteiger partial charge in [0, 0.05) is 17.3 Å². The lowest BCUT2D eigenvalue weighted by Gasteiger charge is -2.12. The standard InChI is InChI=1S/C20H17N3O6/c1-27-15-9-17-16(28-11-29-17)8-12(15)7-14-19(25)23(20(26)22-14)10-18(24)21-13-5-3-2-4-6-13/h2-9H,10-11H2,1H3,(H,21,24)(H,22,26)/b14-7+. The maximum Gasteiger partial charge on any atom is 0.329 e. The van der Waals surface area contributed by atoms with Crippen LogP contribution in [0.4, 0.5) is 10.5 Å². The summed E-state index contributed by atoms with van der Waals surface area (Å²) in [6.07, 6.45) is 1.47. The fourth-order valence-electron chi connectivity index (χ4n) is 2.96. The van der Waals surface area contributed by atoms with E-state index in [1.54, 1.807) is 36.4 Å². The summed E-state index contributed by atoms with van der Waals surface area (Å²) in [6.45, 7) is -0.312. The molecule has 0 aromatic heterocycles. The number of nitrogens with zero attached hydrogens (tertiary/aromatic N) is 1. The van der Waals surface area contributed by atoms with Crippen molar-refractivity contribution >= 4 is 29.6 Å². The summed E-state index contributed by atoms with van der Waals surface area (Å²) >= 11 is 0. The van der Waals surface area contributed by atoms with Gasteiger partial charge >= 0.3 is 6.03 Å². The van der Waals surface area contributed by atoms with Gasteiger partial charge in [-0.1, -0.05) is 18.2 Å². The number of para-hydroxylation sites is 1. The first-order chi connectivity index (χ1) is 14.0. The van der Waals surface area contributed by atoms with Gasteiger partial charge < -0.3 is 24.8 Å². The van der Waals surface area contributed by atoms with Gasteiger partial charge in [0.2, 0.25) is 12.7 Å². The summed E-state index contributed by atoms with van der Waals surface area (Å²) in [4.78, 5) is 37.9. The van der Waals surface area contributed by atoms with Gasteiger partial charge in [-0.25, -0.2) is 9.69 Å². The third-order valence-electron chi connectivity index (χ3n) is 4.35. The van der Waals surface area contributed by atoms with E-state index in [4.69, 9.17) is 14.2 Å². The molecule has 4 amide bonds. The van der Waals surface area contributed by atoms with E-state index in [0.29, 0.717) is 28.5 Å². The predicted molar refractivity (Wildman–Crippen MR) is 102 cm³/mol. The third-order valence-corrected chi connectivity index (χ3v) is 4.35. The maximum atomic E-state index is 12.6. The summed E-state index contributed by atoms with van der Waals surface area (Å²) in [7, 11) is 1.48. The molecule has 0 saturated carbocycles. The van der Waals surface area contributed by atoms with Crippen molar-refractivity contribution in [2.24, 2.45) is 0 Å². The lowest BCUT2D eigenvalue weighted by atomic mass is 10.1. The van der Waals surface area contributed by atoms with Gasteiger partial charge in [0.1, 0.15) is 18.0 Å². The van der Waals surface area contributed by atoms with E-state index in [-0.39, 0.29) is 12.5 Å². The number of amides is 4. The van der Waals surface area contributed by atoms with Crippen LogP contribution in [0.2, 0.25) is 0 Å². The Hall–Kier alpha value is -4.01. The number of nitrogens with one attached hydrogen (secondary N) is 2. The normalized spacial score (nSPS) is 16.2. The molecule has 148 valence electrons. The first-order valence-electron chi connectivity index (χ1n) is 8.72. The van der Waals surface area contributed by atoms with Crippen LogP contribution < -0.4 is 24.8 Å². The Morgan fingerprint density at radius 2 is 1.93 bits per heavy atom. The van der Waals surface area contributed by atoms with Crippen LogP contribution in [-0.2, 0) is 9.59 Å². The van der Waals surface area contributed by atoms with Crippen LogP contribution in [0, 0.1) is 0 Å². The molecule has 0 bridgehead atoms. The molecular formula is C20H17N3O6. The number of urea groups is 1. The first-order valence-corrected chi connectivity index (χ1v) is 8.72. The Kier molecular flexibility index (Phi) is 4.78. The van der Waals surface area contributed by atoms with E-state index in [1.165, 1.54) is 13.2 Å². The molecule has 2 aliphatic heterocycles. The summed E-state index contributed by atoms with van der Waals surface area (Å²) in [5.74, 6) is 0.391. The van der Waals surface area contributed by atoms with Gasteiger partial charge in [-0.05, 0) is 24.3 Å². The van der Waals surface area contributed by atoms with Crippen molar-refractivity contribution in [3.8, 4) is 17.2 Å². The number of fused-ring (bicyclic) bond motifs is 1. The van der Waals surface area contributed by atoms with E-state index in [2.05, 4.69) is 10.6 Å². The molecule has 2 heterocycles. The average molecular weight is 395 g/mol. The molecule has 0 spiro atoms. The van der Waals surface area contributed by atoms with Crippen molar-refractivity contribution in [2.75, 3.05) is 25.8 Å². The zero-order valence-electron chi connectivity index (χ0n) is 15.4. The molecule has 29 heavy (non-hydrogen) atoms. The Bertz CT molecular complexity index is 1020. The minimum atomic E-state index is -0.677. The second kappa shape index (κ2) is 7.55. The SMILES string of the molecule is COc1cc2c(cc1/C=C1/NC(=O)N(CC(=O)Nc3ccccc3)C1=O)OCO2. The summed E-state index contributed by atoms with van der Waals surface area (Å²) < 4.78 is 16.0. The number of rotatable bonds is 5. The number of hydrogen-bond donors (Lipinski definition) is 2. The second-order valence-corrected chi connectivity index (χ2v) is 6.24. The van der Waals surface area contributed by atoms with Crippen LogP contribution in [0.3, 0.4) is 0 Å². The number of imide groups is 1. The Labute approximate surface area is 165 Å². The van der Waals surface area contributed by atoms with Crippen LogP contribution in [0.1, 0.15) is 5.56 Å². The minimum absolute atomic E-state index is 0.0275. The minimum Gasteiger partial charge on any atom is -0.496 e. The fraction of sp³-hybridized carbons (Fsp3) is 0.150. The van der Waals surface area contributed by atoms with E-state index in [0.717, 1.165) is 4.90 Å². The molecule has 0 aliphatic carbocycles. The topological polar surface area (TPSA) is 106 Å². The van der Waals surface area contributed by atoms with Crippen molar-refractivity contribution in [2.45, 2.75) is 0 Å². The molecule has 0 unspecified atom stereocenters. The first kappa shape index (κ1) is 18.4. The molecule has 9 heteroatoms. The van der Waals surface area contributed by atoms with Crippen LogP contribution in [0.5, 0.6) is 17.2 Å². The van der Waals surface area contributed by atoms with Crippen molar-refractivity contribution < 1.29 is 28.6 Å². The molecule has 2 aromatic rings. The van der Waals surface area contributed by atoms with Gasteiger partial charge in [-0.15, -0.1) is 0 Å². The number of anilines is 1. The maximum absolute atomic E-state index is 12.6. The van der Waals surface area contributed by atoms with Crippen LogP contribution in [0.15, 0.2) is 48.2 Å². The highest BCUT2D eigenvalue weighted by molar-refractivity contribution is 6.16. The smallest absolute Gasteiger partial charge is 0.329 e. The highest BCUT2D eigenvalue weighted by Gasteiger charge is 2.35. The van der Waals surface area contributed by atoms with Gasteiger partial charge in [-0.2, -0.15) is 0 Å². The summed E-state index contributed by atoms with van der Waals surface area (Å²) in [5, 5.41) is 5.12. The lowest BCUT2D eigenvalue weighted by Crippen LogP contribution is -2.38. The molecule has 0 radical (unpaired) electrons. The molecule has 2 N–H and O–H groups in total. The highest BCUT2D eigenvalue weighted by Crippen LogP contribution is 2.39. The van der Waals surface area contributed by atoms with Crippen molar-refractivity contribution in [1.29, 1.82) is 0 Å². The molecule has 0 atom stereocenters. The Balaban J connectivity index is 1.52. The Morgan fingerprint density at radius 3 is 2.66 bits per heavy atom. The number of carbonyl (C=O) groups excluding carboxylic acids is 3. The molecule has 2 aromatic carbocycles. The molecule has 9 nitrogen and oxygen atoms in total. The summed E-state index contributed by atoms with van der Waals surface area (Å²) in [5.41, 5.74) is 1.13. The monoisotopic (exact) mass is 395 g/mol. The van der Waals surface area contributed by atoms with Gasteiger partial charge in [0.15, 0.2) is 11.5 Å². The van der Waals surface area contributed by atoms with Gasteiger partial charge in [-0.3, -0.25) is 9.59 Å². The lowest BCUT2D eigenvalue weighted by molar-refractivity contribution is -0.127. The second-order valence-electron chi connectivity index (χ2n) is 6.24.